The molecule has 1 unspecified atom stereocenters. The summed E-state index contributed by atoms with van der Waals surface area (Å²) in [6.07, 6.45) is 2.74. The van der Waals surface area contributed by atoms with Gasteiger partial charge in [-0.3, -0.25) is 4.79 Å². The van der Waals surface area contributed by atoms with Crippen molar-refractivity contribution in [1.82, 2.24) is 4.90 Å². The van der Waals surface area contributed by atoms with Crippen LogP contribution in [-0.2, 0) is 11.2 Å². The molecule has 1 heterocycles. The molecular weight excluding hydrogens is 388 g/mol. The lowest BCUT2D eigenvalue weighted by molar-refractivity contribution is -0.105. The van der Waals surface area contributed by atoms with Gasteiger partial charge in [-0.15, -0.1) is 0 Å². The lowest BCUT2D eigenvalue weighted by atomic mass is 9.80. The Hall–Kier alpha value is -3.52. The van der Waals surface area contributed by atoms with E-state index < -0.39 is 5.92 Å². The summed E-state index contributed by atoms with van der Waals surface area (Å²) in [5.41, 5.74) is 5.08. The molecule has 0 spiro atoms. The number of methoxy groups -OCH3 is 2. The summed E-state index contributed by atoms with van der Waals surface area (Å²) >= 11 is 0. The summed E-state index contributed by atoms with van der Waals surface area (Å²) in [6, 6.07) is 18.2. The van der Waals surface area contributed by atoms with Gasteiger partial charge in [0.2, 0.25) is 0 Å². The Morgan fingerprint density at radius 1 is 1.03 bits per heavy atom. The number of carbonyl (C=O) groups is 1. The first-order valence-electron chi connectivity index (χ1n) is 10.4. The summed E-state index contributed by atoms with van der Waals surface area (Å²) in [5.74, 6) is 0.757. The Morgan fingerprint density at radius 3 is 2.35 bits per heavy atom. The second-order valence-electron chi connectivity index (χ2n) is 7.56. The van der Waals surface area contributed by atoms with Crippen LogP contribution in [0.15, 0.2) is 71.1 Å². The van der Waals surface area contributed by atoms with Crippen LogP contribution in [-0.4, -0.2) is 32.0 Å². The van der Waals surface area contributed by atoms with Gasteiger partial charge in [-0.2, -0.15) is 5.26 Å². The van der Waals surface area contributed by atoms with Crippen molar-refractivity contribution >= 4 is 6.29 Å². The smallest absolute Gasteiger partial charge is 0.161 e. The van der Waals surface area contributed by atoms with Gasteiger partial charge < -0.3 is 14.4 Å². The number of ether oxygens (including phenoxy) is 2. The van der Waals surface area contributed by atoms with Gasteiger partial charge >= 0.3 is 0 Å². The fourth-order valence-electron chi connectivity index (χ4n) is 4.22. The Morgan fingerprint density at radius 2 is 1.74 bits per heavy atom. The Bertz CT molecular complexity index is 1050. The molecule has 31 heavy (non-hydrogen) atoms. The summed E-state index contributed by atoms with van der Waals surface area (Å²) in [5, 5.41) is 10.0. The van der Waals surface area contributed by atoms with Gasteiger partial charge in [-0.25, -0.2) is 0 Å². The Labute approximate surface area is 184 Å². The molecule has 1 aliphatic heterocycles. The van der Waals surface area contributed by atoms with Crippen LogP contribution in [0.4, 0.5) is 0 Å². The number of nitrogens with zero attached hydrogens (tertiary/aromatic N) is 2. The number of hydrogen-bond donors (Lipinski definition) is 0. The fourth-order valence-corrected chi connectivity index (χ4v) is 4.22. The topological polar surface area (TPSA) is 62.6 Å². The van der Waals surface area contributed by atoms with E-state index in [4.69, 9.17) is 9.47 Å². The van der Waals surface area contributed by atoms with Gasteiger partial charge in [-0.05, 0) is 49.9 Å². The number of benzene rings is 2. The van der Waals surface area contributed by atoms with Crippen molar-refractivity contribution in [3.63, 3.8) is 0 Å². The molecule has 5 nitrogen and oxygen atoms in total. The third-order valence-electron chi connectivity index (χ3n) is 5.90. The van der Waals surface area contributed by atoms with E-state index in [1.165, 1.54) is 5.56 Å². The number of aryl methyl sites for hydroxylation is 1. The normalized spacial score (nSPS) is 16.2. The van der Waals surface area contributed by atoms with Crippen LogP contribution in [0, 0.1) is 11.3 Å². The maximum atomic E-state index is 12.2. The first-order valence-corrected chi connectivity index (χ1v) is 10.4. The molecule has 2 aromatic carbocycles. The maximum absolute atomic E-state index is 12.2. The number of carbonyl (C=O) groups excluding carboxylic acids is 1. The molecule has 0 aliphatic carbocycles. The van der Waals surface area contributed by atoms with E-state index in [1.807, 2.05) is 50.2 Å². The molecular formula is C26H28N2O3. The van der Waals surface area contributed by atoms with Crippen molar-refractivity contribution in [2.75, 3.05) is 20.8 Å². The fraction of sp³-hybridized carbons (Fsp3) is 0.308. The monoisotopic (exact) mass is 416 g/mol. The van der Waals surface area contributed by atoms with Gasteiger partial charge in [0, 0.05) is 23.5 Å². The van der Waals surface area contributed by atoms with Crippen molar-refractivity contribution in [3.05, 3.63) is 82.2 Å². The van der Waals surface area contributed by atoms with Crippen molar-refractivity contribution in [3.8, 4) is 17.6 Å². The maximum Gasteiger partial charge on any atom is 0.161 e. The highest BCUT2D eigenvalue weighted by Crippen LogP contribution is 2.42. The molecule has 0 saturated carbocycles. The van der Waals surface area contributed by atoms with Gasteiger partial charge in [0.25, 0.3) is 0 Å². The third-order valence-corrected chi connectivity index (χ3v) is 5.90. The molecule has 0 fully saturated rings. The molecule has 0 amide bonds. The molecule has 0 radical (unpaired) electrons. The van der Waals surface area contributed by atoms with Crippen molar-refractivity contribution in [1.29, 1.82) is 5.26 Å². The van der Waals surface area contributed by atoms with E-state index in [2.05, 4.69) is 23.1 Å². The van der Waals surface area contributed by atoms with E-state index in [0.717, 1.165) is 42.6 Å². The molecule has 0 bridgehead atoms. The summed E-state index contributed by atoms with van der Waals surface area (Å²) in [6.45, 7) is 4.66. The van der Waals surface area contributed by atoms with Crippen LogP contribution in [0.5, 0.6) is 11.5 Å². The first kappa shape index (κ1) is 22.2. The van der Waals surface area contributed by atoms with Gasteiger partial charge in [0.05, 0.1) is 31.8 Å². The van der Waals surface area contributed by atoms with E-state index >= 15 is 0 Å². The van der Waals surface area contributed by atoms with E-state index in [0.29, 0.717) is 22.6 Å². The van der Waals surface area contributed by atoms with Crippen molar-refractivity contribution < 1.29 is 14.3 Å². The number of hydrogen-bond acceptors (Lipinski definition) is 5. The number of rotatable bonds is 8. The largest absolute Gasteiger partial charge is 0.493 e. The minimum atomic E-state index is -0.423. The Kier molecular flexibility index (Phi) is 7.15. The first-order chi connectivity index (χ1) is 15.0. The van der Waals surface area contributed by atoms with Crippen LogP contribution in [0.1, 0.15) is 37.3 Å². The highest BCUT2D eigenvalue weighted by molar-refractivity contribution is 5.81. The second kappa shape index (κ2) is 9.99. The summed E-state index contributed by atoms with van der Waals surface area (Å²) in [7, 11) is 3.15. The molecule has 2 aromatic rings. The number of allylic oxidation sites excluding steroid dienone is 4. The second-order valence-corrected chi connectivity index (χ2v) is 7.56. The van der Waals surface area contributed by atoms with E-state index in [1.54, 1.807) is 14.2 Å². The van der Waals surface area contributed by atoms with E-state index in [9.17, 15) is 10.1 Å². The molecule has 5 heteroatoms. The average Bonchev–Trinajstić information content (AvgIpc) is 2.81. The zero-order valence-corrected chi connectivity index (χ0v) is 18.5. The predicted molar refractivity (Wildman–Crippen MR) is 121 cm³/mol. The molecule has 0 saturated heterocycles. The van der Waals surface area contributed by atoms with Crippen LogP contribution in [0.3, 0.4) is 0 Å². The van der Waals surface area contributed by atoms with Gasteiger partial charge in [-0.1, -0.05) is 36.4 Å². The molecule has 1 aliphatic rings. The quantitative estimate of drug-likeness (QED) is 0.566. The molecule has 0 N–H and O–H groups in total. The SMILES string of the molecule is COc1ccc(C2C(C#N)=C(C)N(CCCc3ccccc3)C(C)=C2C=O)cc1OC. The zero-order valence-electron chi connectivity index (χ0n) is 18.5. The zero-order chi connectivity index (χ0) is 22.4. The molecule has 160 valence electrons. The van der Waals surface area contributed by atoms with E-state index in [-0.39, 0.29) is 0 Å². The van der Waals surface area contributed by atoms with Crippen LogP contribution in [0.2, 0.25) is 0 Å². The summed E-state index contributed by atoms with van der Waals surface area (Å²) in [4.78, 5) is 14.3. The average molecular weight is 417 g/mol. The van der Waals surface area contributed by atoms with Crippen molar-refractivity contribution in [2.45, 2.75) is 32.6 Å². The lowest BCUT2D eigenvalue weighted by Gasteiger charge is -2.36. The standard InChI is InChI=1S/C26H28N2O3/c1-18-22(16-27)26(21-12-13-24(30-3)25(15-21)31-4)23(17-29)19(2)28(18)14-8-11-20-9-6-5-7-10-20/h5-7,9-10,12-13,15,17,26H,8,11,14H2,1-4H3. The van der Waals surface area contributed by atoms with Crippen molar-refractivity contribution in [2.24, 2.45) is 0 Å². The lowest BCUT2D eigenvalue weighted by Crippen LogP contribution is -2.30. The summed E-state index contributed by atoms with van der Waals surface area (Å²) < 4.78 is 10.8. The molecule has 3 rings (SSSR count). The molecule has 0 aromatic heterocycles. The Balaban J connectivity index is 1.94. The van der Waals surface area contributed by atoms with Crippen LogP contribution in [0.25, 0.3) is 0 Å². The number of nitriles is 1. The number of aldehydes is 1. The van der Waals surface area contributed by atoms with Crippen LogP contribution >= 0.6 is 0 Å². The van der Waals surface area contributed by atoms with Crippen LogP contribution < -0.4 is 9.47 Å². The van der Waals surface area contributed by atoms with Gasteiger partial charge in [0.15, 0.2) is 11.5 Å². The minimum Gasteiger partial charge on any atom is -0.493 e. The van der Waals surface area contributed by atoms with Gasteiger partial charge in [0.1, 0.15) is 6.29 Å². The third kappa shape index (κ3) is 4.49. The highest BCUT2D eigenvalue weighted by Gasteiger charge is 2.33. The minimum absolute atomic E-state index is 0.423. The predicted octanol–water partition coefficient (Wildman–Crippen LogP) is 5.01. The highest BCUT2D eigenvalue weighted by atomic mass is 16.5. The molecule has 1 atom stereocenters.